The van der Waals surface area contributed by atoms with Crippen LogP contribution in [0.15, 0.2) is 70.5 Å². The van der Waals surface area contributed by atoms with Gasteiger partial charge in [-0.3, -0.25) is 9.59 Å². The lowest BCUT2D eigenvalue weighted by molar-refractivity contribution is -0.155. The second kappa shape index (κ2) is 7.81. The van der Waals surface area contributed by atoms with Crippen molar-refractivity contribution in [3.63, 3.8) is 0 Å². The van der Waals surface area contributed by atoms with Gasteiger partial charge in [-0.15, -0.1) is 22.7 Å². The van der Waals surface area contributed by atoms with E-state index >= 15 is 0 Å². The van der Waals surface area contributed by atoms with Crippen LogP contribution in [0.3, 0.4) is 0 Å². The molecule has 7 heteroatoms. The summed E-state index contributed by atoms with van der Waals surface area (Å²) in [6, 6.07) is 17.5. The molecule has 1 amide bonds. The highest BCUT2D eigenvalue weighted by Crippen LogP contribution is 2.49. The Labute approximate surface area is 182 Å². The SMILES string of the molecule is O=C(COC(=O)C1(c2ccccc2)CC1)N1N=C(c2cccs2)CC1c1cccs1. The Bertz CT molecular complexity index is 1070. The Morgan fingerprint density at radius 2 is 1.80 bits per heavy atom. The van der Waals surface area contributed by atoms with Crippen molar-refractivity contribution < 1.29 is 14.3 Å². The quantitative estimate of drug-likeness (QED) is 0.524. The van der Waals surface area contributed by atoms with Crippen molar-refractivity contribution in [2.75, 3.05) is 6.61 Å². The molecule has 5 rings (SSSR count). The molecule has 0 bridgehead atoms. The van der Waals surface area contributed by atoms with Crippen molar-refractivity contribution in [1.29, 1.82) is 0 Å². The number of nitrogens with zero attached hydrogens (tertiary/aromatic N) is 2. The van der Waals surface area contributed by atoms with Crippen molar-refractivity contribution in [3.05, 3.63) is 80.7 Å². The minimum absolute atomic E-state index is 0.155. The number of benzene rings is 1. The van der Waals surface area contributed by atoms with Crippen LogP contribution >= 0.6 is 22.7 Å². The van der Waals surface area contributed by atoms with Crippen molar-refractivity contribution >= 4 is 40.3 Å². The van der Waals surface area contributed by atoms with Crippen LogP contribution in [0.5, 0.6) is 0 Å². The lowest BCUT2D eigenvalue weighted by Crippen LogP contribution is -2.33. The molecule has 30 heavy (non-hydrogen) atoms. The van der Waals surface area contributed by atoms with Gasteiger partial charge in [-0.05, 0) is 41.3 Å². The van der Waals surface area contributed by atoms with E-state index in [1.807, 2.05) is 65.4 Å². The molecule has 0 radical (unpaired) electrons. The van der Waals surface area contributed by atoms with Crippen molar-refractivity contribution in [2.45, 2.75) is 30.7 Å². The molecule has 0 saturated heterocycles. The van der Waals surface area contributed by atoms with Gasteiger partial charge in [-0.2, -0.15) is 5.10 Å². The predicted octanol–water partition coefficient (Wildman–Crippen LogP) is 4.76. The van der Waals surface area contributed by atoms with E-state index < -0.39 is 5.41 Å². The average molecular weight is 437 g/mol. The van der Waals surface area contributed by atoms with Gasteiger partial charge in [0.1, 0.15) is 0 Å². The molecule has 1 aliphatic carbocycles. The van der Waals surface area contributed by atoms with Crippen LogP contribution < -0.4 is 0 Å². The summed E-state index contributed by atoms with van der Waals surface area (Å²) in [5.41, 5.74) is 1.26. The molecule has 152 valence electrons. The Kier molecular flexibility index (Phi) is 5.00. The Balaban J connectivity index is 1.31. The van der Waals surface area contributed by atoms with E-state index in [9.17, 15) is 9.59 Å². The Morgan fingerprint density at radius 3 is 2.47 bits per heavy atom. The van der Waals surface area contributed by atoms with Gasteiger partial charge in [0.2, 0.25) is 0 Å². The fraction of sp³-hybridized carbons (Fsp3) is 0.261. The molecule has 1 fully saturated rings. The summed E-state index contributed by atoms with van der Waals surface area (Å²) in [5, 5.41) is 10.1. The highest BCUT2D eigenvalue weighted by atomic mass is 32.1. The molecule has 2 aromatic heterocycles. The molecule has 0 spiro atoms. The summed E-state index contributed by atoms with van der Waals surface area (Å²) in [7, 11) is 0. The highest BCUT2D eigenvalue weighted by molar-refractivity contribution is 7.12. The number of carbonyl (C=O) groups is 2. The van der Waals surface area contributed by atoms with E-state index in [1.165, 1.54) is 5.01 Å². The van der Waals surface area contributed by atoms with E-state index in [0.717, 1.165) is 33.9 Å². The fourth-order valence-electron chi connectivity index (χ4n) is 3.86. The Morgan fingerprint density at radius 1 is 1.03 bits per heavy atom. The van der Waals surface area contributed by atoms with Crippen molar-refractivity contribution in [1.82, 2.24) is 5.01 Å². The first kappa shape index (κ1) is 19.2. The molecule has 1 aliphatic heterocycles. The summed E-state index contributed by atoms with van der Waals surface area (Å²) in [6.07, 6.45) is 2.17. The molecule has 1 saturated carbocycles. The average Bonchev–Trinajstić information content (AvgIpc) is 3.21. The zero-order valence-corrected chi connectivity index (χ0v) is 17.8. The molecule has 1 aromatic carbocycles. The molecule has 3 aromatic rings. The standard InChI is InChI=1S/C23H20N2O3S2/c26-21(15-28-22(27)23(10-11-23)16-6-2-1-3-7-16)25-18(20-9-5-13-30-20)14-17(24-25)19-8-4-12-29-19/h1-9,12-13,18H,10-11,14-15H2. The number of hydrogen-bond acceptors (Lipinski definition) is 6. The van der Waals surface area contributed by atoms with Gasteiger partial charge >= 0.3 is 5.97 Å². The maximum Gasteiger partial charge on any atom is 0.317 e. The molecule has 5 nitrogen and oxygen atoms in total. The molecule has 3 heterocycles. The second-order valence-corrected chi connectivity index (χ2v) is 9.45. The number of amides is 1. The topological polar surface area (TPSA) is 59.0 Å². The minimum atomic E-state index is -0.592. The summed E-state index contributed by atoms with van der Waals surface area (Å²) in [5.74, 6) is -0.617. The van der Waals surface area contributed by atoms with Crippen molar-refractivity contribution in [3.8, 4) is 0 Å². The third-order valence-electron chi connectivity index (χ3n) is 5.64. The first-order valence-corrected chi connectivity index (χ1v) is 11.6. The van der Waals surface area contributed by atoms with Gasteiger partial charge in [-0.25, -0.2) is 5.01 Å². The lowest BCUT2D eigenvalue weighted by Gasteiger charge is -2.21. The second-order valence-electron chi connectivity index (χ2n) is 7.52. The van der Waals surface area contributed by atoms with Gasteiger partial charge in [0, 0.05) is 11.3 Å². The van der Waals surface area contributed by atoms with Crippen LogP contribution in [0.25, 0.3) is 0 Å². The van der Waals surface area contributed by atoms with Crippen LogP contribution in [-0.2, 0) is 19.7 Å². The molecule has 2 aliphatic rings. The van der Waals surface area contributed by atoms with Crippen LogP contribution in [0.1, 0.15) is 40.6 Å². The van der Waals surface area contributed by atoms with E-state index in [0.29, 0.717) is 6.42 Å². The van der Waals surface area contributed by atoms with Crippen LogP contribution in [0.4, 0.5) is 0 Å². The van der Waals surface area contributed by atoms with E-state index in [1.54, 1.807) is 22.7 Å². The molecule has 1 unspecified atom stereocenters. The number of esters is 1. The number of hydrazone groups is 1. The maximum absolute atomic E-state index is 13.0. The van der Waals surface area contributed by atoms with Crippen LogP contribution in [-0.4, -0.2) is 29.2 Å². The minimum Gasteiger partial charge on any atom is -0.455 e. The smallest absolute Gasteiger partial charge is 0.317 e. The molecular formula is C23H20N2O3S2. The summed E-state index contributed by atoms with van der Waals surface area (Å²) in [4.78, 5) is 27.9. The van der Waals surface area contributed by atoms with Crippen LogP contribution in [0.2, 0.25) is 0 Å². The van der Waals surface area contributed by atoms with E-state index in [4.69, 9.17) is 4.74 Å². The van der Waals surface area contributed by atoms with Gasteiger partial charge in [0.05, 0.1) is 22.0 Å². The van der Waals surface area contributed by atoms with Gasteiger partial charge in [0.15, 0.2) is 6.61 Å². The summed E-state index contributed by atoms with van der Waals surface area (Å²) in [6.45, 7) is -0.295. The number of carbonyl (C=O) groups excluding carboxylic acids is 2. The third kappa shape index (κ3) is 3.48. The van der Waals surface area contributed by atoms with E-state index in [2.05, 4.69) is 5.10 Å². The number of rotatable bonds is 6. The number of hydrogen-bond donors (Lipinski definition) is 0. The molecule has 0 N–H and O–H groups in total. The zero-order chi connectivity index (χ0) is 20.6. The fourth-order valence-corrected chi connectivity index (χ4v) is 5.39. The first-order chi connectivity index (χ1) is 14.7. The normalized spacial score (nSPS) is 19.4. The van der Waals surface area contributed by atoms with Gasteiger partial charge < -0.3 is 4.74 Å². The maximum atomic E-state index is 13.0. The predicted molar refractivity (Wildman–Crippen MR) is 118 cm³/mol. The highest BCUT2D eigenvalue weighted by Gasteiger charge is 2.53. The zero-order valence-electron chi connectivity index (χ0n) is 16.2. The molecule has 1 atom stereocenters. The molecular weight excluding hydrogens is 416 g/mol. The largest absolute Gasteiger partial charge is 0.455 e. The van der Waals surface area contributed by atoms with Gasteiger partial charge in [-0.1, -0.05) is 42.5 Å². The first-order valence-electron chi connectivity index (χ1n) is 9.87. The third-order valence-corrected chi connectivity index (χ3v) is 7.53. The van der Waals surface area contributed by atoms with Crippen LogP contribution in [0, 0.1) is 0 Å². The van der Waals surface area contributed by atoms with E-state index in [-0.39, 0.29) is 24.5 Å². The summed E-state index contributed by atoms with van der Waals surface area (Å²) < 4.78 is 5.50. The summed E-state index contributed by atoms with van der Waals surface area (Å²) >= 11 is 3.21. The number of thiophene rings is 2. The monoisotopic (exact) mass is 436 g/mol. The lowest BCUT2D eigenvalue weighted by atomic mass is 9.96. The van der Waals surface area contributed by atoms with Gasteiger partial charge in [0.25, 0.3) is 5.91 Å². The number of ether oxygens (including phenoxy) is 1. The van der Waals surface area contributed by atoms with Crippen molar-refractivity contribution in [2.24, 2.45) is 5.10 Å². The Hall–Kier alpha value is -2.77.